The molecule has 1 aromatic carbocycles. The summed E-state index contributed by atoms with van der Waals surface area (Å²) in [7, 11) is 0. The first-order valence-electron chi connectivity index (χ1n) is 6.08. The van der Waals surface area contributed by atoms with Crippen molar-refractivity contribution in [1.82, 2.24) is 4.90 Å². The second-order valence-electron chi connectivity index (χ2n) is 5.35. The lowest BCUT2D eigenvalue weighted by Gasteiger charge is -2.43. The van der Waals surface area contributed by atoms with E-state index in [0.717, 1.165) is 10.9 Å². The highest BCUT2D eigenvalue weighted by molar-refractivity contribution is 6.31. The van der Waals surface area contributed by atoms with Crippen molar-refractivity contribution in [3.05, 3.63) is 34.5 Å². The number of aryl methyl sites for hydroxylation is 1. The average Bonchev–Trinajstić information content (AvgIpc) is 2.63. The van der Waals surface area contributed by atoms with E-state index in [0.29, 0.717) is 29.5 Å². The van der Waals surface area contributed by atoms with Crippen LogP contribution in [0.1, 0.15) is 23.0 Å². The molecule has 2 heterocycles. The summed E-state index contributed by atoms with van der Waals surface area (Å²) in [4.78, 5) is 13.9. The molecule has 5 heteroatoms. The number of nitrogens with zero attached hydrogens (tertiary/aromatic N) is 1. The van der Waals surface area contributed by atoms with Crippen molar-refractivity contribution in [2.45, 2.75) is 19.4 Å². The van der Waals surface area contributed by atoms with Gasteiger partial charge in [-0.2, -0.15) is 0 Å². The first-order valence-corrected chi connectivity index (χ1v) is 6.45. The van der Waals surface area contributed by atoms with Crippen molar-refractivity contribution >= 4 is 28.5 Å². The Morgan fingerprint density at radius 3 is 2.79 bits per heavy atom. The van der Waals surface area contributed by atoms with Gasteiger partial charge in [-0.1, -0.05) is 11.6 Å². The van der Waals surface area contributed by atoms with Crippen LogP contribution in [0.25, 0.3) is 11.0 Å². The summed E-state index contributed by atoms with van der Waals surface area (Å²) in [5.74, 6) is 0.143. The molecule has 0 spiro atoms. The lowest BCUT2D eigenvalue weighted by atomic mass is 9.96. The summed E-state index contributed by atoms with van der Waals surface area (Å²) in [6.45, 7) is 4.22. The summed E-state index contributed by atoms with van der Waals surface area (Å²) in [6, 6.07) is 5.28. The molecule has 1 fully saturated rings. The molecule has 1 aromatic heterocycles. The van der Waals surface area contributed by atoms with Gasteiger partial charge >= 0.3 is 0 Å². The van der Waals surface area contributed by atoms with Crippen LogP contribution in [0.2, 0.25) is 5.02 Å². The summed E-state index contributed by atoms with van der Waals surface area (Å²) >= 11 is 5.95. The number of β-amino-alcohol motifs (C(OH)–C–C–N with tert-alkyl or cyclic N) is 1. The quantitative estimate of drug-likeness (QED) is 0.873. The minimum atomic E-state index is -0.779. The molecule has 0 radical (unpaired) electrons. The molecule has 1 amide bonds. The Hall–Kier alpha value is -1.52. The highest BCUT2D eigenvalue weighted by Crippen LogP contribution is 2.30. The van der Waals surface area contributed by atoms with Gasteiger partial charge < -0.3 is 14.4 Å². The molecule has 3 rings (SSSR count). The minimum absolute atomic E-state index is 0.184. The van der Waals surface area contributed by atoms with Crippen LogP contribution in [0.15, 0.2) is 22.6 Å². The fourth-order valence-electron chi connectivity index (χ4n) is 2.46. The first-order chi connectivity index (χ1) is 8.87. The third-order valence-corrected chi connectivity index (χ3v) is 3.68. The van der Waals surface area contributed by atoms with Crippen LogP contribution in [0.5, 0.6) is 0 Å². The van der Waals surface area contributed by atoms with Gasteiger partial charge in [0.1, 0.15) is 5.58 Å². The Morgan fingerprint density at radius 2 is 2.16 bits per heavy atom. The maximum Gasteiger partial charge on any atom is 0.290 e. The molecule has 0 atom stereocenters. The highest BCUT2D eigenvalue weighted by Gasteiger charge is 2.41. The number of hydrogen-bond acceptors (Lipinski definition) is 3. The van der Waals surface area contributed by atoms with Crippen molar-refractivity contribution < 1.29 is 14.3 Å². The number of halogens is 1. The van der Waals surface area contributed by atoms with Crippen LogP contribution in [0.3, 0.4) is 0 Å². The van der Waals surface area contributed by atoms with E-state index in [-0.39, 0.29) is 5.91 Å². The number of carbonyl (C=O) groups is 1. The highest BCUT2D eigenvalue weighted by atomic mass is 35.5. The van der Waals surface area contributed by atoms with Crippen molar-refractivity contribution in [3.63, 3.8) is 0 Å². The summed E-state index contributed by atoms with van der Waals surface area (Å²) in [5.41, 5.74) is 0.658. The maximum absolute atomic E-state index is 12.3. The molecule has 1 aliphatic rings. The smallest absolute Gasteiger partial charge is 0.290 e. The lowest BCUT2D eigenvalue weighted by molar-refractivity contribution is -0.0677. The SMILES string of the molecule is Cc1c(C(=O)N2CC(C)(O)C2)oc2ccc(Cl)cc12. The van der Waals surface area contributed by atoms with Crippen LogP contribution in [-0.2, 0) is 0 Å². The number of furan rings is 1. The van der Waals surface area contributed by atoms with Gasteiger partial charge in [-0.25, -0.2) is 0 Å². The van der Waals surface area contributed by atoms with Crippen molar-refractivity contribution in [2.24, 2.45) is 0 Å². The number of aliphatic hydroxyl groups is 1. The second kappa shape index (κ2) is 3.99. The van der Waals surface area contributed by atoms with E-state index in [4.69, 9.17) is 16.0 Å². The maximum atomic E-state index is 12.3. The largest absolute Gasteiger partial charge is 0.451 e. The monoisotopic (exact) mass is 279 g/mol. The van der Waals surface area contributed by atoms with Gasteiger partial charge in [0.25, 0.3) is 5.91 Å². The molecule has 1 N–H and O–H groups in total. The number of rotatable bonds is 1. The third kappa shape index (κ3) is 2.01. The van der Waals surface area contributed by atoms with Crippen LogP contribution < -0.4 is 0 Å². The van der Waals surface area contributed by atoms with E-state index in [2.05, 4.69) is 0 Å². The molecule has 0 unspecified atom stereocenters. The Kier molecular flexibility index (Phi) is 2.62. The second-order valence-corrected chi connectivity index (χ2v) is 5.79. The molecule has 19 heavy (non-hydrogen) atoms. The molecule has 0 aliphatic carbocycles. The fourth-order valence-corrected chi connectivity index (χ4v) is 2.63. The van der Waals surface area contributed by atoms with E-state index in [1.807, 2.05) is 6.92 Å². The number of amides is 1. The zero-order valence-corrected chi connectivity index (χ0v) is 11.5. The number of benzene rings is 1. The van der Waals surface area contributed by atoms with Crippen LogP contribution in [-0.4, -0.2) is 34.6 Å². The predicted molar refractivity (Wildman–Crippen MR) is 72.5 cm³/mol. The standard InChI is InChI=1S/C14H14ClNO3/c1-8-10-5-9(15)3-4-11(10)19-12(8)13(17)16-6-14(2,18)7-16/h3-5,18H,6-7H2,1-2H3. The molecular weight excluding hydrogens is 266 g/mol. The summed E-state index contributed by atoms with van der Waals surface area (Å²) in [5, 5.41) is 11.1. The van der Waals surface area contributed by atoms with E-state index in [1.54, 1.807) is 30.0 Å². The Balaban J connectivity index is 1.97. The van der Waals surface area contributed by atoms with Crippen LogP contribution in [0.4, 0.5) is 0 Å². The summed E-state index contributed by atoms with van der Waals surface area (Å²) in [6.07, 6.45) is 0. The number of likely N-dealkylation sites (tertiary alicyclic amines) is 1. The van der Waals surface area contributed by atoms with Gasteiger partial charge in [0.2, 0.25) is 0 Å². The van der Waals surface area contributed by atoms with Crippen LogP contribution >= 0.6 is 11.6 Å². The molecule has 2 aromatic rings. The van der Waals surface area contributed by atoms with Gasteiger partial charge in [-0.15, -0.1) is 0 Å². The number of carbonyl (C=O) groups excluding carboxylic acids is 1. The normalized spacial score (nSPS) is 17.6. The zero-order valence-electron chi connectivity index (χ0n) is 10.7. The van der Waals surface area contributed by atoms with Gasteiger partial charge in [0.15, 0.2) is 5.76 Å². The van der Waals surface area contributed by atoms with Crippen molar-refractivity contribution in [1.29, 1.82) is 0 Å². The number of fused-ring (bicyclic) bond motifs is 1. The average molecular weight is 280 g/mol. The third-order valence-electron chi connectivity index (χ3n) is 3.44. The molecule has 0 bridgehead atoms. The van der Waals surface area contributed by atoms with Gasteiger partial charge in [0.05, 0.1) is 18.7 Å². The van der Waals surface area contributed by atoms with Crippen molar-refractivity contribution in [2.75, 3.05) is 13.1 Å². The molecule has 4 nitrogen and oxygen atoms in total. The zero-order chi connectivity index (χ0) is 13.8. The molecular formula is C14H14ClNO3. The summed E-state index contributed by atoms with van der Waals surface area (Å²) < 4.78 is 5.61. The van der Waals surface area contributed by atoms with Crippen LogP contribution in [0, 0.1) is 6.92 Å². The van der Waals surface area contributed by atoms with Gasteiger partial charge in [-0.3, -0.25) is 4.79 Å². The molecule has 0 saturated carbocycles. The molecule has 100 valence electrons. The van der Waals surface area contributed by atoms with Crippen molar-refractivity contribution in [3.8, 4) is 0 Å². The Morgan fingerprint density at radius 1 is 1.47 bits per heavy atom. The van der Waals surface area contributed by atoms with Gasteiger partial charge in [-0.05, 0) is 32.0 Å². The first kappa shape index (κ1) is 12.5. The molecule has 1 aliphatic heterocycles. The van der Waals surface area contributed by atoms with Gasteiger partial charge in [0, 0.05) is 16.0 Å². The number of hydrogen-bond donors (Lipinski definition) is 1. The van der Waals surface area contributed by atoms with E-state index >= 15 is 0 Å². The van der Waals surface area contributed by atoms with E-state index < -0.39 is 5.60 Å². The lowest BCUT2D eigenvalue weighted by Crippen LogP contribution is -2.61. The van der Waals surface area contributed by atoms with E-state index in [9.17, 15) is 9.90 Å². The molecule has 1 saturated heterocycles. The Bertz CT molecular complexity index is 667. The predicted octanol–water partition coefficient (Wildman–Crippen LogP) is 2.60. The fraction of sp³-hybridized carbons (Fsp3) is 0.357. The Labute approximate surface area is 115 Å². The topological polar surface area (TPSA) is 53.7 Å². The van der Waals surface area contributed by atoms with E-state index in [1.165, 1.54) is 0 Å². The minimum Gasteiger partial charge on any atom is -0.451 e.